The van der Waals surface area contributed by atoms with Crippen LogP contribution in [0.1, 0.15) is 37.7 Å². The molecule has 0 aliphatic carbocycles. The number of rotatable bonds is 8. The smallest absolute Gasteiger partial charge is 0.748 e. The second-order valence-electron chi connectivity index (χ2n) is 3.27. The monoisotopic (exact) mass is 408 g/mol. The first-order chi connectivity index (χ1) is 12.7. The standard InChI is InChI=1S/2C5H11NO4S.Ca/c2*1-5(7)6-3-2-4-11(8,9)10;/h2*2-4H2,1H3,(H,6,7)(H,8,9,10);/q;;+2/p-2/i2*3D2,4D2;. The second kappa shape index (κ2) is 14.4. The van der Waals surface area contributed by atoms with E-state index >= 15 is 0 Å². The predicted octanol–water partition coefficient (Wildman–Crippen LogP) is -2.27. The molecule has 0 rings (SSSR count). The molecule has 0 aliphatic rings. The van der Waals surface area contributed by atoms with Crippen LogP contribution in [0.5, 0.6) is 0 Å². The van der Waals surface area contributed by atoms with Gasteiger partial charge in [0.15, 0.2) is 0 Å². The molecule has 132 valence electrons. The van der Waals surface area contributed by atoms with Gasteiger partial charge < -0.3 is 19.7 Å². The second-order valence-corrected chi connectivity index (χ2v) is 5.66. The van der Waals surface area contributed by atoms with Crippen LogP contribution in [0.3, 0.4) is 0 Å². The van der Waals surface area contributed by atoms with Crippen molar-refractivity contribution in [2.75, 3.05) is 24.4 Å². The Labute approximate surface area is 177 Å². The van der Waals surface area contributed by atoms with E-state index in [2.05, 4.69) is 0 Å². The molecule has 0 bridgehead atoms. The SMILES string of the molecule is [2H]C([2H])(CC([2H])([2H])S(=O)(=O)[O-])NC(C)=O.[2H]C([2H])(CC([2H])([2H])S(=O)(=O)[O-])NC(C)=O.[Ca+2]. The number of nitrogens with one attached hydrogen (secondary N) is 2. The van der Waals surface area contributed by atoms with Gasteiger partial charge in [-0.05, 0) is 12.8 Å². The first-order valence-electron chi connectivity index (χ1n) is 9.23. The van der Waals surface area contributed by atoms with Crippen LogP contribution in [0.15, 0.2) is 0 Å². The van der Waals surface area contributed by atoms with Crippen molar-refractivity contribution in [1.29, 1.82) is 0 Å². The fraction of sp³-hybridized carbons (Fsp3) is 0.800. The minimum atomic E-state index is -5.28. The largest absolute Gasteiger partial charge is 2.00 e. The van der Waals surface area contributed by atoms with Crippen molar-refractivity contribution < 1.29 is 46.5 Å². The molecule has 0 aromatic rings. The van der Waals surface area contributed by atoms with E-state index in [1.807, 2.05) is 0 Å². The van der Waals surface area contributed by atoms with Crippen molar-refractivity contribution in [2.45, 2.75) is 26.7 Å². The minimum absolute atomic E-state index is 0. The van der Waals surface area contributed by atoms with Gasteiger partial charge in [-0.15, -0.1) is 0 Å². The molecule has 10 nitrogen and oxygen atoms in total. The summed E-state index contributed by atoms with van der Waals surface area (Å²) in [6.45, 7) is -3.21. The van der Waals surface area contributed by atoms with Gasteiger partial charge >= 0.3 is 37.7 Å². The van der Waals surface area contributed by atoms with Crippen molar-refractivity contribution in [2.24, 2.45) is 0 Å². The van der Waals surface area contributed by atoms with Gasteiger partial charge in [0, 0.05) is 49.2 Å². The maximum atomic E-state index is 10.5. The molecular formula is C10H20CaN2O8S2. The molecule has 2 amide bonds. The molecule has 0 unspecified atom stereocenters. The summed E-state index contributed by atoms with van der Waals surface area (Å²) in [5, 5.41) is 3.40. The maximum absolute atomic E-state index is 10.5. The van der Waals surface area contributed by atoms with E-state index in [0.29, 0.717) is 0 Å². The Hall–Kier alpha value is 0.0197. The zero-order chi connectivity index (χ0) is 25.0. The minimum Gasteiger partial charge on any atom is -0.748 e. The van der Waals surface area contributed by atoms with Crippen molar-refractivity contribution in [3.63, 3.8) is 0 Å². The Morgan fingerprint density at radius 2 is 1.13 bits per heavy atom. The van der Waals surface area contributed by atoms with Crippen LogP contribution < -0.4 is 10.6 Å². The zero-order valence-electron chi connectivity index (χ0n) is 20.2. The third-order valence-corrected chi connectivity index (χ3v) is 2.20. The molecule has 2 N–H and O–H groups in total. The van der Waals surface area contributed by atoms with Crippen molar-refractivity contribution in [3.05, 3.63) is 0 Å². The quantitative estimate of drug-likeness (QED) is 0.334. The summed E-state index contributed by atoms with van der Waals surface area (Å²) in [6.07, 6.45) is -2.52. The number of amides is 2. The van der Waals surface area contributed by atoms with Crippen molar-refractivity contribution in [1.82, 2.24) is 10.6 Å². The van der Waals surface area contributed by atoms with Crippen LogP contribution in [0.25, 0.3) is 0 Å². The van der Waals surface area contributed by atoms with Gasteiger partial charge in [-0.3, -0.25) is 9.59 Å². The van der Waals surface area contributed by atoms with Gasteiger partial charge in [0.05, 0.1) is 20.2 Å². The van der Waals surface area contributed by atoms with E-state index in [1.54, 1.807) is 10.6 Å². The van der Waals surface area contributed by atoms with Crippen LogP contribution in [0.4, 0.5) is 0 Å². The summed E-state index contributed by atoms with van der Waals surface area (Å²) in [4.78, 5) is 21.0. The third kappa shape index (κ3) is 34.4. The van der Waals surface area contributed by atoms with Gasteiger partial charge in [-0.2, -0.15) is 0 Å². The Balaban J connectivity index is -0.000000490. The van der Waals surface area contributed by atoms with E-state index in [4.69, 9.17) is 11.0 Å². The topological polar surface area (TPSA) is 173 Å². The Morgan fingerprint density at radius 3 is 1.30 bits per heavy atom. The molecule has 0 saturated carbocycles. The first-order valence-corrected chi connectivity index (χ1v) is 8.05. The van der Waals surface area contributed by atoms with Crippen molar-refractivity contribution >= 4 is 69.8 Å². The number of carbonyl (C=O) groups excluding carboxylic acids is 2. The van der Waals surface area contributed by atoms with Gasteiger partial charge in [0.2, 0.25) is 11.8 Å². The molecule has 0 radical (unpaired) electrons. The summed E-state index contributed by atoms with van der Waals surface area (Å²) >= 11 is 0. The summed E-state index contributed by atoms with van der Waals surface area (Å²) in [5.41, 5.74) is -6.53. The molecule has 0 aliphatic heterocycles. The van der Waals surface area contributed by atoms with Crippen LogP contribution in [-0.2, 0) is 29.8 Å². The summed E-state index contributed by atoms with van der Waals surface area (Å²) in [5.74, 6) is -1.59. The van der Waals surface area contributed by atoms with E-state index in [-0.39, 0.29) is 37.7 Å². The molecule has 0 fully saturated rings. The molecule has 0 atom stereocenters. The molecule has 0 aromatic heterocycles. The first kappa shape index (κ1) is 14.2. The predicted molar refractivity (Wildman–Crippen MR) is 81.5 cm³/mol. The van der Waals surface area contributed by atoms with E-state index in [1.165, 1.54) is 0 Å². The molecule has 23 heavy (non-hydrogen) atoms. The van der Waals surface area contributed by atoms with Crippen LogP contribution in [0, 0.1) is 0 Å². The average Bonchev–Trinajstić information content (AvgIpc) is 2.29. The van der Waals surface area contributed by atoms with Gasteiger partial charge in [-0.25, -0.2) is 16.8 Å². The van der Waals surface area contributed by atoms with E-state index in [9.17, 15) is 35.5 Å². The van der Waals surface area contributed by atoms with Gasteiger partial charge in [0.25, 0.3) is 0 Å². The summed E-state index contributed by atoms with van der Waals surface area (Å²) < 4.78 is 118. The Kier molecular flexibility index (Phi) is 8.88. The Bertz CT molecular complexity index is 780. The van der Waals surface area contributed by atoms with Gasteiger partial charge in [-0.1, -0.05) is 0 Å². The van der Waals surface area contributed by atoms with E-state index < -0.39 is 69.3 Å². The molecular weight excluding hydrogens is 380 g/mol. The third-order valence-electron chi connectivity index (χ3n) is 1.20. The summed E-state index contributed by atoms with van der Waals surface area (Å²) in [6, 6.07) is 0. The number of carbonyl (C=O) groups is 2. The summed E-state index contributed by atoms with van der Waals surface area (Å²) in [7, 11) is -10.6. The maximum Gasteiger partial charge on any atom is 2.00 e. The zero-order valence-corrected chi connectivity index (χ0v) is 16.0. The van der Waals surface area contributed by atoms with Crippen LogP contribution in [-0.4, -0.2) is 99.9 Å². The normalized spacial score (nSPS) is 18.3. The molecule has 13 heteroatoms. The average molecular weight is 409 g/mol. The number of hydrogen-bond acceptors (Lipinski definition) is 8. The molecule has 0 saturated heterocycles. The van der Waals surface area contributed by atoms with Crippen LogP contribution in [0.2, 0.25) is 0 Å². The van der Waals surface area contributed by atoms with E-state index in [0.717, 1.165) is 13.8 Å². The Morgan fingerprint density at radius 1 is 0.870 bits per heavy atom. The molecule has 0 aromatic carbocycles. The fourth-order valence-corrected chi connectivity index (χ4v) is 1.08. The van der Waals surface area contributed by atoms with Gasteiger partial charge in [0.1, 0.15) is 0 Å². The molecule has 0 heterocycles. The van der Waals surface area contributed by atoms with Crippen LogP contribution >= 0.6 is 0 Å². The van der Waals surface area contributed by atoms with Crippen molar-refractivity contribution in [3.8, 4) is 0 Å². The number of hydrogen-bond donors (Lipinski definition) is 2. The molecule has 0 spiro atoms. The fourth-order valence-electron chi connectivity index (χ4n) is 0.586.